The lowest BCUT2D eigenvalue weighted by Crippen LogP contribution is -2.05. The van der Waals surface area contributed by atoms with Gasteiger partial charge in [-0.15, -0.1) is 11.3 Å². The van der Waals surface area contributed by atoms with E-state index in [4.69, 9.17) is 17.0 Å². The fraction of sp³-hybridized carbons (Fsp3) is 0.267. The van der Waals surface area contributed by atoms with Crippen LogP contribution in [-0.4, -0.2) is 16.7 Å². The van der Waals surface area contributed by atoms with E-state index in [9.17, 15) is 0 Å². The highest BCUT2D eigenvalue weighted by molar-refractivity contribution is 7.71. The summed E-state index contributed by atoms with van der Waals surface area (Å²) >= 11 is 7.30. The van der Waals surface area contributed by atoms with Gasteiger partial charge < -0.3 is 14.3 Å². The van der Waals surface area contributed by atoms with Gasteiger partial charge in [0.2, 0.25) is 0 Å². The number of H-pyrrole nitrogens is 1. The van der Waals surface area contributed by atoms with Crippen LogP contribution in [0.1, 0.15) is 22.7 Å². The smallest absolute Gasteiger partial charge is 0.178 e. The highest BCUT2D eigenvalue weighted by Crippen LogP contribution is 2.30. The summed E-state index contributed by atoms with van der Waals surface area (Å²) in [4.78, 5) is 5.89. The molecule has 20 heavy (non-hydrogen) atoms. The highest BCUT2D eigenvalue weighted by Gasteiger charge is 2.15. The van der Waals surface area contributed by atoms with Crippen LogP contribution in [0.25, 0.3) is 11.0 Å². The van der Waals surface area contributed by atoms with Gasteiger partial charge in [-0.1, -0.05) is 0 Å². The number of hydrogen-bond acceptors (Lipinski definition) is 3. The molecule has 1 aromatic carbocycles. The minimum Gasteiger partial charge on any atom is -0.497 e. The third-order valence-corrected chi connectivity index (χ3v) is 4.95. The summed E-state index contributed by atoms with van der Waals surface area (Å²) in [6, 6.07) is 10.5. The zero-order chi connectivity index (χ0) is 14.3. The van der Waals surface area contributed by atoms with Crippen LogP contribution in [0.4, 0.5) is 0 Å². The zero-order valence-electron chi connectivity index (χ0n) is 11.6. The molecule has 3 aromatic rings. The van der Waals surface area contributed by atoms with E-state index in [-0.39, 0.29) is 6.04 Å². The predicted molar refractivity (Wildman–Crippen MR) is 86.5 cm³/mol. The van der Waals surface area contributed by atoms with Crippen LogP contribution in [0.3, 0.4) is 0 Å². The van der Waals surface area contributed by atoms with Gasteiger partial charge >= 0.3 is 0 Å². The third kappa shape index (κ3) is 2.17. The number of thiophene rings is 1. The minimum atomic E-state index is 0.210. The highest BCUT2D eigenvalue weighted by atomic mass is 32.1. The number of fused-ring (bicyclic) bond motifs is 1. The first-order valence-electron chi connectivity index (χ1n) is 6.44. The van der Waals surface area contributed by atoms with E-state index in [1.54, 1.807) is 7.11 Å². The lowest BCUT2D eigenvalue weighted by molar-refractivity contribution is 0.415. The molecule has 0 spiro atoms. The molecule has 0 saturated heterocycles. The SMILES string of the molecule is COc1ccc2[nH]c(=S)n(C(C)c3ccc(C)s3)c2c1. The van der Waals surface area contributed by atoms with Gasteiger partial charge in [-0.25, -0.2) is 0 Å². The molecule has 2 aromatic heterocycles. The van der Waals surface area contributed by atoms with Gasteiger partial charge in [0, 0.05) is 15.8 Å². The summed E-state index contributed by atoms with van der Waals surface area (Å²) in [5.41, 5.74) is 2.11. The van der Waals surface area contributed by atoms with Crippen LogP contribution < -0.4 is 4.74 Å². The summed E-state index contributed by atoms with van der Waals surface area (Å²) in [7, 11) is 1.68. The van der Waals surface area contributed by atoms with E-state index < -0.39 is 0 Å². The maximum absolute atomic E-state index is 5.49. The van der Waals surface area contributed by atoms with Crippen molar-refractivity contribution in [2.75, 3.05) is 7.11 Å². The Labute approximate surface area is 126 Å². The van der Waals surface area contributed by atoms with Crippen molar-refractivity contribution in [3.05, 3.63) is 44.9 Å². The number of imidazole rings is 1. The lowest BCUT2D eigenvalue weighted by atomic mass is 10.2. The van der Waals surface area contributed by atoms with Crippen molar-refractivity contribution < 1.29 is 4.74 Å². The van der Waals surface area contributed by atoms with E-state index >= 15 is 0 Å². The summed E-state index contributed by atoms with van der Waals surface area (Å²) in [5, 5.41) is 0. The molecule has 0 aliphatic rings. The summed E-state index contributed by atoms with van der Waals surface area (Å²) in [5.74, 6) is 0.842. The number of hydrogen-bond donors (Lipinski definition) is 1. The first-order valence-corrected chi connectivity index (χ1v) is 7.67. The largest absolute Gasteiger partial charge is 0.497 e. The van der Waals surface area contributed by atoms with E-state index in [0.717, 1.165) is 21.6 Å². The van der Waals surface area contributed by atoms with Crippen molar-refractivity contribution >= 4 is 34.6 Å². The Balaban J connectivity index is 2.19. The first-order chi connectivity index (χ1) is 9.60. The van der Waals surface area contributed by atoms with E-state index in [1.165, 1.54) is 9.75 Å². The second-order valence-electron chi connectivity index (χ2n) is 4.81. The molecule has 0 fully saturated rings. The van der Waals surface area contributed by atoms with Gasteiger partial charge in [-0.2, -0.15) is 0 Å². The second kappa shape index (κ2) is 5.07. The van der Waals surface area contributed by atoms with Crippen LogP contribution in [0, 0.1) is 11.7 Å². The third-order valence-electron chi connectivity index (χ3n) is 3.49. The number of benzene rings is 1. The van der Waals surface area contributed by atoms with Crippen LogP contribution >= 0.6 is 23.6 Å². The van der Waals surface area contributed by atoms with Gasteiger partial charge in [0.05, 0.1) is 24.2 Å². The van der Waals surface area contributed by atoms with Crippen LogP contribution in [0.15, 0.2) is 30.3 Å². The Morgan fingerprint density at radius 1 is 1.30 bits per heavy atom. The molecule has 5 heteroatoms. The first kappa shape index (κ1) is 13.4. The topological polar surface area (TPSA) is 29.9 Å². The number of aryl methyl sites for hydroxylation is 1. The molecule has 0 amide bonds. The van der Waals surface area contributed by atoms with Crippen LogP contribution in [0.5, 0.6) is 5.75 Å². The fourth-order valence-corrected chi connectivity index (χ4v) is 3.70. The Morgan fingerprint density at radius 3 is 2.75 bits per heavy atom. The molecule has 1 atom stereocenters. The maximum atomic E-state index is 5.49. The Hall–Kier alpha value is -1.59. The van der Waals surface area contributed by atoms with Crippen molar-refractivity contribution in [2.24, 2.45) is 0 Å². The molecular weight excluding hydrogens is 288 g/mol. The lowest BCUT2D eigenvalue weighted by Gasteiger charge is -2.13. The summed E-state index contributed by atoms with van der Waals surface area (Å²) in [6.45, 7) is 4.30. The molecule has 0 bridgehead atoms. The molecule has 3 nitrogen and oxygen atoms in total. The van der Waals surface area contributed by atoms with Crippen molar-refractivity contribution in [2.45, 2.75) is 19.9 Å². The molecular formula is C15H16N2OS2. The average Bonchev–Trinajstić information content (AvgIpc) is 3.00. The number of methoxy groups -OCH3 is 1. The van der Waals surface area contributed by atoms with Crippen LogP contribution in [0.2, 0.25) is 0 Å². The Kier molecular flexibility index (Phi) is 3.40. The number of aromatic amines is 1. The number of nitrogens with one attached hydrogen (secondary N) is 1. The predicted octanol–water partition coefficient (Wildman–Crippen LogP) is 4.69. The summed E-state index contributed by atoms with van der Waals surface area (Å²) < 4.78 is 8.21. The van der Waals surface area contributed by atoms with E-state index in [0.29, 0.717) is 0 Å². The fourth-order valence-electron chi connectivity index (χ4n) is 2.42. The molecule has 0 aliphatic heterocycles. The minimum absolute atomic E-state index is 0.210. The second-order valence-corrected chi connectivity index (χ2v) is 6.51. The van der Waals surface area contributed by atoms with E-state index in [2.05, 4.69) is 35.5 Å². The number of rotatable bonds is 3. The number of ether oxygens (including phenoxy) is 1. The monoisotopic (exact) mass is 304 g/mol. The van der Waals surface area contributed by atoms with Gasteiger partial charge in [0.25, 0.3) is 0 Å². The Bertz CT molecular complexity index is 813. The molecule has 0 radical (unpaired) electrons. The van der Waals surface area contributed by atoms with Crippen LogP contribution in [-0.2, 0) is 0 Å². The molecule has 3 rings (SSSR count). The quantitative estimate of drug-likeness (QED) is 0.712. The van der Waals surface area contributed by atoms with Crippen molar-refractivity contribution in [3.63, 3.8) is 0 Å². The molecule has 0 saturated carbocycles. The van der Waals surface area contributed by atoms with E-state index in [1.807, 2.05) is 29.5 Å². The van der Waals surface area contributed by atoms with Crippen molar-refractivity contribution in [1.29, 1.82) is 0 Å². The molecule has 0 aliphatic carbocycles. The molecule has 1 unspecified atom stereocenters. The molecule has 104 valence electrons. The summed E-state index contributed by atoms with van der Waals surface area (Å²) in [6.07, 6.45) is 0. The maximum Gasteiger partial charge on any atom is 0.178 e. The van der Waals surface area contributed by atoms with Gasteiger partial charge in [-0.3, -0.25) is 0 Å². The zero-order valence-corrected chi connectivity index (χ0v) is 13.3. The molecule has 1 N–H and O–H groups in total. The van der Waals surface area contributed by atoms with Gasteiger partial charge in [0.15, 0.2) is 4.77 Å². The van der Waals surface area contributed by atoms with Crippen molar-refractivity contribution in [1.82, 2.24) is 9.55 Å². The average molecular weight is 304 g/mol. The number of nitrogens with zero attached hydrogens (tertiary/aromatic N) is 1. The number of aromatic nitrogens is 2. The van der Waals surface area contributed by atoms with Gasteiger partial charge in [-0.05, 0) is 50.3 Å². The Morgan fingerprint density at radius 2 is 2.10 bits per heavy atom. The normalized spacial score (nSPS) is 12.8. The molecule has 2 heterocycles. The van der Waals surface area contributed by atoms with Crippen molar-refractivity contribution in [3.8, 4) is 5.75 Å². The standard InChI is InChI=1S/C15H16N2OS2/c1-9-4-7-14(20-9)10(2)17-13-8-11(18-3)5-6-12(13)16-15(17)19/h4-8,10H,1-3H3,(H,16,19). The van der Waals surface area contributed by atoms with Gasteiger partial charge in [0.1, 0.15) is 5.75 Å².